The molecule has 10 heavy (non-hydrogen) atoms. The summed E-state index contributed by atoms with van der Waals surface area (Å²) >= 11 is 3.89. The van der Waals surface area contributed by atoms with Crippen molar-refractivity contribution in [2.75, 3.05) is 12.4 Å². The molecule has 1 amide bonds. The Morgan fingerprint density at radius 3 is 2.80 bits per heavy atom. The molecule has 0 aliphatic heterocycles. The number of aliphatic hydroxyl groups excluding tert-OH is 1. The number of nitrogens with one attached hydrogen (secondary N) is 1. The standard InChI is InChI=1S/C6H13NO2S/c1-5(4-8)7-6(9)2-3-10/h5,8,10H,2-4H2,1H3,(H,7,9). The first-order chi connectivity index (χ1) is 4.70. The van der Waals surface area contributed by atoms with E-state index in [-0.39, 0.29) is 18.6 Å². The van der Waals surface area contributed by atoms with Crippen LogP contribution in [0.3, 0.4) is 0 Å². The highest BCUT2D eigenvalue weighted by Crippen LogP contribution is 1.85. The highest BCUT2D eigenvalue weighted by molar-refractivity contribution is 7.80. The Balaban J connectivity index is 3.37. The van der Waals surface area contributed by atoms with E-state index in [1.54, 1.807) is 6.92 Å². The number of hydrogen-bond donors (Lipinski definition) is 3. The third kappa shape index (κ3) is 4.64. The Hall–Kier alpha value is -0.220. The number of thiol groups is 1. The summed E-state index contributed by atoms with van der Waals surface area (Å²) in [5.74, 6) is 0.487. The fourth-order valence-corrected chi connectivity index (χ4v) is 0.697. The Kier molecular flexibility index (Phi) is 5.43. The molecule has 0 aliphatic carbocycles. The average molecular weight is 163 g/mol. The van der Waals surface area contributed by atoms with Crippen LogP contribution in [0.2, 0.25) is 0 Å². The molecule has 60 valence electrons. The van der Waals surface area contributed by atoms with Crippen LogP contribution in [0.4, 0.5) is 0 Å². The molecular weight excluding hydrogens is 150 g/mol. The van der Waals surface area contributed by atoms with Gasteiger partial charge in [-0.3, -0.25) is 4.79 Å². The van der Waals surface area contributed by atoms with E-state index in [9.17, 15) is 4.79 Å². The van der Waals surface area contributed by atoms with Crippen molar-refractivity contribution in [3.8, 4) is 0 Å². The lowest BCUT2D eigenvalue weighted by Gasteiger charge is -2.08. The number of carbonyl (C=O) groups excluding carboxylic acids is 1. The predicted molar refractivity (Wildman–Crippen MR) is 43.2 cm³/mol. The summed E-state index contributed by atoms with van der Waals surface area (Å²) in [5.41, 5.74) is 0. The largest absolute Gasteiger partial charge is 0.394 e. The van der Waals surface area contributed by atoms with Crippen molar-refractivity contribution in [3.05, 3.63) is 0 Å². The van der Waals surface area contributed by atoms with Gasteiger partial charge in [-0.15, -0.1) is 0 Å². The molecule has 1 unspecified atom stereocenters. The van der Waals surface area contributed by atoms with Crippen LogP contribution in [0, 0.1) is 0 Å². The molecule has 0 aromatic rings. The minimum atomic E-state index is -0.146. The van der Waals surface area contributed by atoms with Crippen LogP contribution in [0.15, 0.2) is 0 Å². The maximum absolute atomic E-state index is 10.7. The summed E-state index contributed by atoms with van der Waals surface area (Å²) in [7, 11) is 0. The van der Waals surface area contributed by atoms with Gasteiger partial charge in [-0.2, -0.15) is 12.6 Å². The molecular formula is C6H13NO2S. The van der Waals surface area contributed by atoms with Crippen LogP contribution in [0.5, 0.6) is 0 Å². The van der Waals surface area contributed by atoms with Crippen molar-refractivity contribution in [3.63, 3.8) is 0 Å². The monoisotopic (exact) mass is 163 g/mol. The zero-order valence-corrected chi connectivity index (χ0v) is 6.90. The topological polar surface area (TPSA) is 49.3 Å². The summed E-state index contributed by atoms with van der Waals surface area (Å²) < 4.78 is 0. The van der Waals surface area contributed by atoms with E-state index in [1.807, 2.05) is 0 Å². The summed E-state index contributed by atoms with van der Waals surface area (Å²) in [6.07, 6.45) is 0.410. The van der Waals surface area contributed by atoms with Gasteiger partial charge in [-0.25, -0.2) is 0 Å². The van der Waals surface area contributed by atoms with Crippen LogP contribution >= 0.6 is 12.6 Å². The second-order valence-corrected chi connectivity index (χ2v) is 2.57. The zero-order valence-electron chi connectivity index (χ0n) is 6.00. The third-order valence-electron chi connectivity index (χ3n) is 1.02. The van der Waals surface area contributed by atoms with Crippen LogP contribution in [-0.4, -0.2) is 29.4 Å². The van der Waals surface area contributed by atoms with Crippen LogP contribution in [0.25, 0.3) is 0 Å². The van der Waals surface area contributed by atoms with Gasteiger partial charge in [0.1, 0.15) is 0 Å². The van der Waals surface area contributed by atoms with Gasteiger partial charge in [0.15, 0.2) is 0 Å². The molecule has 0 aromatic carbocycles. The highest BCUT2D eigenvalue weighted by atomic mass is 32.1. The van der Waals surface area contributed by atoms with Crippen LogP contribution in [-0.2, 0) is 4.79 Å². The molecule has 0 heterocycles. The normalized spacial score (nSPS) is 12.7. The first-order valence-corrected chi connectivity index (χ1v) is 3.85. The van der Waals surface area contributed by atoms with Crippen molar-refractivity contribution in [2.24, 2.45) is 0 Å². The fraction of sp³-hybridized carbons (Fsp3) is 0.833. The van der Waals surface area contributed by atoms with Crippen molar-refractivity contribution < 1.29 is 9.90 Å². The molecule has 0 fully saturated rings. The predicted octanol–water partition coefficient (Wildman–Crippen LogP) is -0.197. The minimum Gasteiger partial charge on any atom is -0.394 e. The zero-order chi connectivity index (χ0) is 7.98. The SMILES string of the molecule is CC(CO)NC(=O)CCS. The van der Waals surface area contributed by atoms with Gasteiger partial charge in [0.25, 0.3) is 0 Å². The maximum Gasteiger partial charge on any atom is 0.221 e. The summed E-state index contributed by atoms with van der Waals surface area (Å²) in [5, 5.41) is 11.1. The molecule has 0 saturated heterocycles. The summed E-state index contributed by atoms with van der Waals surface area (Å²) in [4.78, 5) is 10.7. The molecule has 2 N–H and O–H groups in total. The van der Waals surface area contributed by atoms with Crippen molar-refractivity contribution in [2.45, 2.75) is 19.4 Å². The van der Waals surface area contributed by atoms with E-state index < -0.39 is 0 Å². The number of hydrogen-bond acceptors (Lipinski definition) is 3. The van der Waals surface area contributed by atoms with Crippen molar-refractivity contribution >= 4 is 18.5 Å². The van der Waals surface area contributed by atoms with Gasteiger partial charge in [0.2, 0.25) is 5.91 Å². The Morgan fingerprint density at radius 1 is 1.80 bits per heavy atom. The minimum absolute atomic E-state index is 0.0156. The third-order valence-corrected chi connectivity index (χ3v) is 1.24. The molecule has 0 bridgehead atoms. The van der Waals surface area contributed by atoms with E-state index in [0.29, 0.717) is 12.2 Å². The highest BCUT2D eigenvalue weighted by Gasteiger charge is 2.03. The maximum atomic E-state index is 10.7. The first-order valence-electron chi connectivity index (χ1n) is 3.21. The van der Waals surface area contributed by atoms with E-state index in [2.05, 4.69) is 17.9 Å². The van der Waals surface area contributed by atoms with Crippen LogP contribution in [0.1, 0.15) is 13.3 Å². The van der Waals surface area contributed by atoms with E-state index in [1.165, 1.54) is 0 Å². The van der Waals surface area contributed by atoms with Gasteiger partial charge in [-0.1, -0.05) is 0 Å². The molecule has 0 aliphatic rings. The van der Waals surface area contributed by atoms with Crippen molar-refractivity contribution in [1.82, 2.24) is 5.32 Å². The number of amides is 1. The van der Waals surface area contributed by atoms with Gasteiger partial charge in [0.05, 0.1) is 6.61 Å². The molecule has 0 spiro atoms. The molecule has 3 nitrogen and oxygen atoms in total. The lowest BCUT2D eigenvalue weighted by molar-refractivity contribution is -0.121. The lowest BCUT2D eigenvalue weighted by Crippen LogP contribution is -2.34. The number of aliphatic hydroxyl groups is 1. The van der Waals surface area contributed by atoms with E-state index in [0.717, 1.165) is 0 Å². The van der Waals surface area contributed by atoms with Gasteiger partial charge >= 0.3 is 0 Å². The van der Waals surface area contributed by atoms with Gasteiger partial charge < -0.3 is 10.4 Å². The molecule has 4 heteroatoms. The Bertz CT molecular complexity index is 108. The Morgan fingerprint density at radius 2 is 2.40 bits per heavy atom. The van der Waals surface area contributed by atoms with Crippen LogP contribution < -0.4 is 5.32 Å². The molecule has 0 radical (unpaired) electrons. The second-order valence-electron chi connectivity index (χ2n) is 2.12. The number of carbonyl (C=O) groups is 1. The Labute approximate surface area is 66.2 Å². The summed E-state index contributed by atoms with van der Waals surface area (Å²) in [6.45, 7) is 1.73. The van der Waals surface area contributed by atoms with E-state index in [4.69, 9.17) is 5.11 Å². The quantitative estimate of drug-likeness (QED) is 0.503. The molecule has 1 atom stereocenters. The molecule has 0 aromatic heterocycles. The molecule has 0 saturated carbocycles. The lowest BCUT2D eigenvalue weighted by atomic mass is 10.3. The van der Waals surface area contributed by atoms with E-state index >= 15 is 0 Å². The molecule has 0 rings (SSSR count). The summed E-state index contributed by atoms with van der Waals surface area (Å²) in [6, 6.07) is -0.146. The first kappa shape index (κ1) is 9.78. The van der Waals surface area contributed by atoms with Gasteiger partial charge in [0, 0.05) is 12.5 Å². The fourth-order valence-electron chi connectivity index (χ4n) is 0.494. The smallest absolute Gasteiger partial charge is 0.221 e. The second kappa shape index (κ2) is 5.56. The average Bonchev–Trinajstić information content (AvgIpc) is 1.88. The van der Waals surface area contributed by atoms with Crippen molar-refractivity contribution in [1.29, 1.82) is 0 Å². The number of rotatable bonds is 4. The van der Waals surface area contributed by atoms with Gasteiger partial charge in [-0.05, 0) is 12.7 Å².